The SMILES string of the molecule is Cc1ccc(OCC(=O)N2CCC3(CC2)CC(=O)c2cc(C)c(C)cc2O3)c(C(C)(C)C)c1. The molecule has 0 aliphatic carbocycles. The van der Waals surface area contributed by atoms with E-state index in [2.05, 4.69) is 33.8 Å². The zero-order valence-electron chi connectivity index (χ0n) is 20.7. The molecule has 2 aliphatic heterocycles. The fourth-order valence-corrected chi connectivity index (χ4v) is 4.78. The summed E-state index contributed by atoms with van der Waals surface area (Å²) in [5.41, 5.74) is 4.60. The summed E-state index contributed by atoms with van der Waals surface area (Å²) in [5.74, 6) is 1.56. The minimum atomic E-state index is -0.514. The predicted octanol–water partition coefficient (Wildman–Crippen LogP) is 5.31. The second kappa shape index (κ2) is 8.51. The molecule has 0 atom stereocenters. The van der Waals surface area contributed by atoms with Crippen LogP contribution in [0.5, 0.6) is 11.5 Å². The van der Waals surface area contributed by atoms with Crippen molar-refractivity contribution in [2.24, 2.45) is 0 Å². The number of hydrogen-bond acceptors (Lipinski definition) is 4. The van der Waals surface area contributed by atoms with E-state index in [1.54, 1.807) is 0 Å². The van der Waals surface area contributed by atoms with Gasteiger partial charge in [-0.25, -0.2) is 0 Å². The molecule has 0 N–H and O–H groups in total. The number of carbonyl (C=O) groups excluding carboxylic acids is 2. The average Bonchev–Trinajstić information content (AvgIpc) is 2.74. The standard InChI is InChI=1S/C28H35NO4/c1-18-7-8-24(22(13-18)27(4,5)6)32-17-26(31)29-11-9-28(10-12-29)16-23(30)21-14-19(2)20(3)15-25(21)33-28/h7-8,13-15H,9-12,16-17H2,1-6H3. The zero-order chi connectivity index (χ0) is 24.0. The number of carbonyl (C=O) groups is 2. The normalized spacial score (nSPS) is 17.5. The van der Waals surface area contributed by atoms with Crippen molar-refractivity contribution in [3.63, 3.8) is 0 Å². The van der Waals surface area contributed by atoms with Gasteiger partial charge in [0.15, 0.2) is 12.4 Å². The van der Waals surface area contributed by atoms with Crippen LogP contribution in [0.15, 0.2) is 30.3 Å². The predicted molar refractivity (Wildman–Crippen MR) is 129 cm³/mol. The van der Waals surface area contributed by atoms with Gasteiger partial charge in [0.2, 0.25) is 0 Å². The molecule has 1 saturated heterocycles. The van der Waals surface area contributed by atoms with E-state index in [4.69, 9.17) is 9.47 Å². The lowest BCUT2D eigenvalue weighted by Gasteiger charge is -2.44. The number of benzene rings is 2. The van der Waals surface area contributed by atoms with Crippen molar-refractivity contribution in [3.05, 3.63) is 58.1 Å². The van der Waals surface area contributed by atoms with Gasteiger partial charge in [-0.3, -0.25) is 9.59 Å². The highest BCUT2D eigenvalue weighted by Gasteiger charge is 2.43. The molecule has 4 rings (SSSR count). The Kier molecular flexibility index (Phi) is 6.02. The molecule has 0 bridgehead atoms. The number of fused-ring (bicyclic) bond motifs is 1. The number of rotatable bonds is 3. The summed E-state index contributed by atoms with van der Waals surface area (Å²) >= 11 is 0. The third kappa shape index (κ3) is 4.78. The first-order chi connectivity index (χ1) is 15.5. The Balaban J connectivity index is 1.39. The summed E-state index contributed by atoms with van der Waals surface area (Å²) in [4.78, 5) is 27.6. The minimum absolute atomic E-state index is 0.0141. The summed E-state index contributed by atoms with van der Waals surface area (Å²) in [6.07, 6.45) is 1.67. The van der Waals surface area contributed by atoms with E-state index in [0.29, 0.717) is 43.7 Å². The van der Waals surface area contributed by atoms with Crippen molar-refractivity contribution in [3.8, 4) is 11.5 Å². The summed E-state index contributed by atoms with van der Waals surface area (Å²) < 4.78 is 12.4. The van der Waals surface area contributed by atoms with Gasteiger partial charge in [0.25, 0.3) is 5.91 Å². The maximum atomic E-state index is 12.9. The first kappa shape index (κ1) is 23.3. The van der Waals surface area contributed by atoms with Crippen LogP contribution in [0.4, 0.5) is 0 Å². The average molecular weight is 450 g/mol. The van der Waals surface area contributed by atoms with Crippen LogP contribution < -0.4 is 9.47 Å². The van der Waals surface area contributed by atoms with Gasteiger partial charge in [0.05, 0.1) is 12.0 Å². The van der Waals surface area contributed by atoms with Crippen molar-refractivity contribution in [1.29, 1.82) is 0 Å². The quantitative estimate of drug-likeness (QED) is 0.637. The van der Waals surface area contributed by atoms with Crippen molar-refractivity contribution in [2.45, 2.75) is 71.8 Å². The van der Waals surface area contributed by atoms with E-state index >= 15 is 0 Å². The largest absolute Gasteiger partial charge is 0.486 e. The van der Waals surface area contributed by atoms with Gasteiger partial charge in [0.1, 0.15) is 17.1 Å². The molecule has 33 heavy (non-hydrogen) atoms. The second-order valence-electron chi connectivity index (χ2n) is 10.7. The number of likely N-dealkylation sites (tertiary alicyclic amines) is 1. The molecule has 2 aliphatic rings. The molecule has 0 aromatic heterocycles. The number of nitrogens with zero attached hydrogens (tertiary/aromatic N) is 1. The fourth-order valence-electron chi connectivity index (χ4n) is 4.78. The van der Waals surface area contributed by atoms with E-state index in [9.17, 15) is 9.59 Å². The highest BCUT2D eigenvalue weighted by molar-refractivity contribution is 6.00. The van der Waals surface area contributed by atoms with Crippen LogP contribution >= 0.6 is 0 Å². The first-order valence-corrected chi connectivity index (χ1v) is 11.8. The summed E-state index contributed by atoms with van der Waals surface area (Å²) in [5, 5.41) is 0. The van der Waals surface area contributed by atoms with Crippen LogP contribution in [-0.2, 0) is 10.2 Å². The van der Waals surface area contributed by atoms with Crippen molar-refractivity contribution < 1.29 is 19.1 Å². The molecule has 1 amide bonds. The molecule has 0 radical (unpaired) electrons. The first-order valence-electron chi connectivity index (χ1n) is 11.8. The van der Waals surface area contributed by atoms with E-state index in [-0.39, 0.29) is 23.7 Å². The van der Waals surface area contributed by atoms with Crippen molar-refractivity contribution in [2.75, 3.05) is 19.7 Å². The Morgan fingerprint density at radius 1 is 1.06 bits per heavy atom. The molecule has 1 fully saturated rings. The van der Waals surface area contributed by atoms with Crippen molar-refractivity contribution >= 4 is 11.7 Å². The molecule has 176 valence electrons. The molecular formula is C28H35NO4. The van der Waals surface area contributed by atoms with Crippen LogP contribution in [-0.4, -0.2) is 41.9 Å². The topological polar surface area (TPSA) is 55.8 Å². The van der Waals surface area contributed by atoms with Crippen LogP contribution in [0.25, 0.3) is 0 Å². The molecule has 2 aromatic carbocycles. The maximum Gasteiger partial charge on any atom is 0.260 e. The second-order valence-corrected chi connectivity index (χ2v) is 10.7. The van der Waals surface area contributed by atoms with Gasteiger partial charge in [-0.1, -0.05) is 38.5 Å². The third-order valence-electron chi connectivity index (χ3n) is 7.03. The molecule has 0 saturated carbocycles. The van der Waals surface area contributed by atoms with E-state index in [1.165, 1.54) is 5.56 Å². The summed E-state index contributed by atoms with van der Waals surface area (Å²) in [7, 11) is 0. The zero-order valence-corrected chi connectivity index (χ0v) is 20.7. The van der Waals surface area contributed by atoms with Crippen LogP contribution in [0.1, 0.15) is 72.6 Å². The van der Waals surface area contributed by atoms with E-state index in [0.717, 1.165) is 22.4 Å². The van der Waals surface area contributed by atoms with Gasteiger partial charge in [-0.2, -0.15) is 0 Å². The number of amides is 1. The van der Waals surface area contributed by atoms with Gasteiger partial charge in [-0.15, -0.1) is 0 Å². The monoisotopic (exact) mass is 449 g/mol. The van der Waals surface area contributed by atoms with Crippen LogP contribution in [0.3, 0.4) is 0 Å². The molecule has 5 heteroatoms. The van der Waals surface area contributed by atoms with Crippen LogP contribution in [0, 0.1) is 20.8 Å². The number of piperidine rings is 1. The highest BCUT2D eigenvalue weighted by Crippen LogP contribution is 2.40. The van der Waals surface area contributed by atoms with Crippen molar-refractivity contribution in [1.82, 2.24) is 4.90 Å². The minimum Gasteiger partial charge on any atom is -0.486 e. The number of Topliss-reactive ketones (excluding diaryl/α,β-unsaturated/α-hetero) is 1. The lowest BCUT2D eigenvalue weighted by atomic mass is 9.82. The number of ether oxygens (including phenoxy) is 2. The lowest BCUT2D eigenvalue weighted by molar-refractivity contribution is -0.137. The molecule has 2 aromatic rings. The van der Waals surface area contributed by atoms with Gasteiger partial charge < -0.3 is 14.4 Å². The molecule has 5 nitrogen and oxygen atoms in total. The Labute approximate surface area is 197 Å². The Morgan fingerprint density at radius 2 is 1.73 bits per heavy atom. The smallest absolute Gasteiger partial charge is 0.260 e. The Bertz CT molecular complexity index is 1090. The van der Waals surface area contributed by atoms with Gasteiger partial charge in [-0.05, 0) is 61.1 Å². The van der Waals surface area contributed by atoms with E-state index < -0.39 is 5.60 Å². The van der Waals surface area contributed by atoms with Crippen LogP contribution in [0.2, 0.25) is 0 Å². The number of hydrogen-bond donors (Lipinski definition) is 0. The number of ketones is 1. The summed E-state index contributed by atoms with van der Waals surface area (Å²) in [6, 6.07) is 10.0. The van der Waals surface area contributed by atoms with Gasteiger partial charge >= 0.3 is 0 Å². The Morgan fingerprint density at radius 3 is 2.39 bits per heavy atom. The molecule has 1 spiro atoms. The van der Waals surface area contributed by atoms with E-state index in [1.807, 2.05) is 43.0 Å². The number of aryl methyl sites for hydroxylation is 3. The lowest BCUT2D eigenvalue weighted by Crippen LogP contribution is -2.53. The molecule has 0 unspecified atom stereocenters. The Hall–Kier alpha value is -2.82. The molecular weight excluding hydrogens is 414 g/mol. The fraction of sp³-hybridized carbons (Fsp3) is 0.500. The molecule has 2 heterocycles. The highest BCUT2D eigenvalue weighted by atomic mass is 16.5. The summed E-state index contributed by atoms with van der Waals surface area (Å²) in [6.45, 7) is 13.7. The maximum absolute atomic E-state index is 12.9. The third-order valence-corrected chi connectivity index (χ3v) is 7.03. The van der Waals surface area contributed by atoms with Gasteiger partial charge in [0, 0.05) is 25.9 Å².